The van der Waals surface area contributed by atoms with Gasteiger partial charge in [0, 0.05) is 37.3 Å². The van der Waals surface area contributed by atoms with Crippen molar-refractivity contribution in [3.05, 3.63) is 24.0 Å². The zero-order chi connectivity index (χ0) is 27.0. The van der Waals surface area contributed by atoms with Gasteiger partial charge in [-0.1, -0.05) is 12.8 Å². The van der Waals surface area contributed by atoms with Crippen LogP contribution < -0.4 is 16.0 Å². The van der Waals surface area contributed by atoms with Crippen LogP contribution in [0.25, 0.3) is 0 Å². The maximum atomic E-state index is 15.1. The second-order valence-corrected chi connectivity index (χ2v) is 11.3. The van der Waals surface area contributed by atoms with Crippen LogP contribution >= 0.6 is 0 Å². The minimum Gasteiger partial charge on any atom is -0.372 e. The van der Waals surface area contributed by atoms with Crippen LogP contribution in [0.3, 0.4) is 0 Å². The Labute approximate surface area is 220 Å². The quantitative estimate of drug-likeness (QED) is 0.452. The van der Waals surface area contributed by atoms with E-state index in [1.807, 2.05) is 19.1 Å². The van der Waals surface area contributed by atoms with Crippen molar-refractivity contribution in [3.8, 4) is 6.07 Å². The third kappa shape index (κ3) is 5.45. The van der Waals surface area contributed by atoms with E-state index in [9.17, 15) is 19.6 Å². The van der Waals surface area contributed by atoms with Gasteiger partial charge in [0.2, 0.25) is 17.7 Å². The Morgan fingerprint density at radius 1 is 1.24 bits per heavy atom. The van der Waals surface area contributed by atoms with Crippen molar-refractivity contribution in [1.82, 2.24) is 20.5 Å². The minimum absolute atomic E-state index is 0.103. The Morgan fingerprint density at radius 3 is 2.66 bits per heavy atom. The molecule has 1 aromatic heterocycles. The summed E-state index contributed by atoms with van der Waals surface area (Å²) < 4.78 is 30.2. The van der Waals surface area contributed by atoms with Crippen LogP contribution in [0.1, 0.15) is 56.9 Å². The molecule has 2 bridgehead atoms. The van der Waals surface area contributed by atoms with Crippen LogP contribution in [0.4, 0.5) is 14.5 Å². The lowest BCUT2D eigenvalue weighted by Gasteiger charge is -2.54. The maximum Gasteiger partial charge on any atom is 0.255 e. The number of hydrogen-bond donors (Lipinski definition) is 3. The van der Waals surface area contributed by atoms with Crippen molar-refractivity contribution >= 4 is 23.4 Å². The van der Waals surface area contributed by atoms with Crippen LogP contribution in [0, 0.1) is 36.0 Å². The molecule has 204 valence electrons. The van der Waals surface area contributed by atoms with E-state index >= 15 is 8.78 Å². The monoisotopic (exact) mass is 528 g/mol. The van der Waals surface area contributed by atoms with Gasteiger partial charge in [-0.25, -0.2) is 8.78 Å². The predicted molar refractivity (Wildman–Crippen MR) is 134 cm³/mol. The first-order valence-corrected chi connectivity index (χ1v) is 13.5. The van der Waals surface area contributed by atoms with Gasteiger partial charge < -0.3 is 20.9 Å². The van der Waals surface area contributed by atoms with E-state index in [4.69, 9.17) is 0 Å². The predicted octanol–water partition coefficient (Wildman–Crippen LogP) is 2.52. The molecule has 3 saturated heterocycles. The molecular weight excluding hydrogens is 494 g/mol. The SMILES string of the molecule is Cc1cncc(N[C@H](CC2CC2)C(=O)N2[C@H]3CC[C@@H]([C@@H]2C(=O)N[C@@H](C#N)C[C@H]2CCNC2=O)C(F)(F)C3)c1. The molecule has 6 rings (SSSR count). The van der Waals surface area contributed by atoms with E-state index < -0.39 is 54.3 Å². The molecule has 9 nitrogen and oxygen atoms in total. The summed E-state index contributed by atoms with van der Waals surface area (Å²) >= 11 is 0. The number of nitrogens with one attached hydrogen (secondary N) is 3. The van der Waals surface area contributed by atoms with E-state index in [2.05, 4.69) is 20.9 Å². The van der Waals surface area contributed by atoms with Gasteiger partial charge in [-0.05, 0) is 56.6 Å². The van der Waals surface area contributed by atoms with Gasteiger partial charge in [-0.3, -0.25) is 19.4 Å². The number of piperidine rings is 2. The third-order valence-corrected chi connectivity index (χ3v) is 8.39. The smallest absolute Gasteiger partial charge is 0.255 e. The van der Waals surface area contributed by atoms with Crippen molar-refractivity contribution in [2.24, 2.45) is 17.8 Å². The average molecular weight is 529 g/mol. The molecule has 3 aliphatic heterocycles. The van der Waals surface area contributed by atoms with Gasteiger partial charge in [-0.2, -0.15) is 5.26 Å². The minimum atomic E-state index is -3.09. The van der Waals surface area contributed by atoms with Gasteiger partial charge in [-0.15, -0.1) is 0 Å². The van der Waals surface area contributed by atoms with Crippen molar-refractivity contribution in [2.75, 3.05) is 11.9 Å². The maximum absolute atomic E-state index is 15.1. The van der Waals surface area contributed by atoms with Gasteiger partial charge in [0.05, 0.1) is 17.7 Å². The van der Waals surface area contributed by atoms with Gasteiger partial charge in [0.15, 0.2) is 0 Å². The third-order valence-electron chi connectivity index (χ3n) is 8.39. The molecule has 0 unspecified atom stereocenters. The summed E-state index contributed by atoms with van der Waals surface area (Å²) in [6.45, 7) is 2.39. The molecular formula is C27H34F2N6O3. The normalized spacial score (nSPS) is 29.2. The molecule has 5 fully saturated rings. The fourth-order valence-corrected chi connectivity index (χ4v) is 6.30. The summed E-state index contributed by atoms with van der Waals surface area (Å²) in [5.74, 6) is -5.77. The van der Waals surface area contributed by atoms with Gasteiger partial charge >= 0.3 is 0 Å². The van der Waals surface area contributed by atoms with Gasteiger partial charge in [0.25, 0.3) is 5.92 Å². The molecule has 4 heterocycles. The number of alkyl halides is 2. The molecule has 11 heteroatoms. The zero-order valence-corrected chi connectivity index (χ0v) is 21.5. The molecule has 3 amide bonds. The largest absolute Gasteiger partial charge is 0.372 e. The van der Waals surface area contributed by atoms with E-state index in [0.717, 1.165) is 18.4 Å². The van der Waals surface area contributed by atoms with Crippen molar-refractivity contribution < 1.29 is 23.2 Å². The lowest BCUT2D eigenvalue weighted by Crippen LogP contribution is -2.70. The van der Waals surface area contributed by atoms with Crippen molar-refractivity contribution in [2.45, 2.75) is 88.4 Å². The number of anilines is 1. The lowest BCUT2D eigenvalue weighted by atomic mass is 9.71. The highest BCUT2D eigenvalue weighted by Crippen LogP contribution is 2.49. The number of aromatic nitrogens is 1. The topological polar surface area (TPSA) is 127 Å². The van der Waals surface area contributed by atoms with Crippen LogP contribution in [0.5, 0.6) is 0 Å². The first kappa shape index (κ1) is 26.3. The van der Waals surface area contributed by atoms with E-state index in [1.54, 1.807) is 12.4 Å². The van der Waals surface area contributed by atoms with Gasteiger partial charge in [0.1, 0.15) is 18.1 Å². The van der Waals surface area contributed by atoms with E-state index in [-0.39, 0.29) is 24.7 Å². The second-order valence-electron chi connectivity index (χ2n) is 11.3. The number of carbonyl (C=O) groups excluding carboxylic acids is 3. The first-order valence-electron chi connectivity index (χ1n) is 13.5. The Bertz CT molecular complexity index is 1140. The lowest BCUT2D eigenvalue weighted by molar-refractivity contribution is -0.194. The molecule has 6 atom stereocenters. The van der Waals surface area contributed by atoms with Crippen LogP contribution in [-0.4, -0.2) is 64.2 Å². The molecule has 2 saturated carbocycles. The number of nitriles is 1. The molecule has 38 heavy (non-hydrogen) atoms. The number of rotatable bonds is 9. The average Bonchev–Trinajstić information content (AvgIpc) is 3.61. The Balaban J connectivity index is 1.38. The summed E-state index contributed by atoms with van der Waals surface area (Å²) in [6, 6.07) is 0.0408. The summed E-state index contributed by atoms with van der Waals surface area (Å²) in [5, 5.41) is 18.2. The summed E-state index contributed by atoms with van der Waals surface area (Å²) in [4.78, 5) is 45.1. The number of carbonyl (C=O) groups is 3. The Hall–Kier alpha value is -3.29. The zero-order valence-electron chi connectivity index (χ0n) is 21.5. The summed E-state index contributed by atoms with van der Waals surface area (Å²) in [6.07, 6.45) is 6.59. The van der Waals surface area contributed by atoms with Crippen LogP contribution in [0.2, 0.25) is 0 Å². The van der Waals surface area contributed by atoms with Crippen molar-refractivity contribution in [1.29, 1.82) is 5.26 Å². The molecule has 5 aliphatic rings. The molecule has 0 radical (unpaired) electrons. The molecule has 0 spiro atoms. The number of fused-ring (bicyclic) bond motifs is 3. The van der Waals surface area contributed by atoms with Crippen LogP contribution in [-0.2, 0) is 14.4 Å². The fourth-order valence-electron chi connectivity index (χ4n) is 6.30. The standard InChI is InChI=1S/C27H34F2N6O3/c1-15-8-19(14-31-13-15)33-22(9-16-2-3-16)26(38)35-20-4-5-21(27(28,29)11-20)23(35)25(37)34-18(12-30)10-17-6-7-32-24(17)36/h8,13-14,16-18,20-23,33H,2-7,9-11H2,1H3,(H,32,36)(H,34,37)/t17-,18-,20+,21+,22-,23-/m1/s1. The summed E-state index contributed by atoms with van der Waals surface area (Å²) in [7, 11) is 0. The highest BCUT2D eigenvalue weighted by atomic mass is 19.3. The van der Waals surface area contributed by atoms with E-state index in [0.29, 0.717) is 37.4 Å². The number of amides is 3. The second kappa shape index (κ2) is 10.5. The number of hydrogen-bond acceptors (Lipinski definition) is 6. The number of aryl methyl sites for hydroxylation is 1. The summed E-state index contributed by atoms with van der Waals surface area (Å²) in [5.41, 5.74) is 1.58. The van der Waals surface area contributed by atoms with E-state index in [1.165, 1.54) is 4.90 Å². The Morgan fingerprint density at radius 2 is 2.03 bits per heavy atom. The number of nitrogens with zero attached hydrogens (tertiary/aromatic N) is 3. The number of halogens is 2. The number of pyridine rings is 1. The molecule has 0 aromatic carbocycles. The molecule has 3 N–H and O–H groups in total. The fraction of sp³-hybridized carbons (Fsp3) is 0.667. The molecule has 1 aromatic rings. The first-order chi connectivity index (χ1) is 18.2. The highest BCUT2D eigenvalue weighted by molar-refractivity contribution is 5.92. The Kier molecular flexibility index (Phi) is 7.25. The molecule has 2 aliphatic carbocycles. The highest BCUT2D eigenvalue weighted by Gasteiger charge is 2.61. The van der Waals surface area contributed by atoms with Crippen molar-refractivity contribution in [3.63, 3.8) is 0 Å². The van der Waals surface area contributed by atoms with Crippen LogP contribution in [0.15, 0.2) is 18.5 Å².